The molecule has 0 fully saturated rings. The lowest BCUT2D eigenvalue weighted by Crippen LogP contribution is -1.81. The van der Waals surface area contributed by atoms with Gasteiger partial charge in [0.1, 0.15) is 0 Å². The Morgan fingerprint density at radius 3 is 2.46 bits per heavy atom. The summed E-state index contributed by atoms with van der Waals surface area (Å²) >= 11 is 0. The first-order valence-electron chi connectivity index (χ1n) is 4.58. The fourth-order valence-corrected chi connectivity index (χ4v) is 1.57. The van der Waals surface area contributed by atoms with E-state index in [2.05, 4.69) is 50.2 Å². The summed E-state index contributed by atoms with van der Waals surface area (Å²) < 4.78 is 0. The average molecular weight is 169 g/mol. The van der Waals surface area contributed by atoms with Crippen molar-refractivity contribution in [2.24, 2.45) is 0 Å². The second kappa shape index (κ2) is 3.21. The van der Waals surface area contributed by atoms with Crippen LogP contribution in [0.2, 0.25) is 0 Å². The molecule has 0 aliphatic rings. The van der Waals surface area contributed by atoms with E-state index in [1.165, 1.54) is 21.9 Å². The number of fused-ring (bicyclic) bond motifs is 1. The molecule has 0 aliphatic carbocycles. The van der Waals surface area contributed by atoms with Gasteiger partial charge in [-0.3, -0.25) is 0 Å². The molecule has 1 radical (unpaired) electrons. The van der Waals surface area contributed by atoms with E-state index in [4.69, 9.17) is 0 Å². The van der Waals surface area contributed by atoms with E-state index in [1.54, 1.807) is 0 Å². The predicted molar refractivity (Wildman–Crippen MR) is 57.7 cm³/mol. The minimum atomic E-state index is 0.865. The average Bonchev–Trinajstić information content (AvgIpc) is 2.17. The van der Waals surface area contributed by atoms with Crippen LogP contribution in [0, 0.1) is 13.8 Å². The summed E-state index contributed by atoms with van der Waals surface area (Å²) in [5, 5.41) is 2.63. The molecule has 2 aromatic rings. The first-order chi connectivity index (χ1) is 6.29. The molecule has 65 valence electrons. The predicted octanol–water partition coefficient (Wildman–Crippen LogP) is 3.52. The van der Waals surface area contributed by atoms with Crippen molar-refractivity contribution in [3.63, 3.8) is 0 Å². The Balaban J connectivity index is 2.66. The van der Waals surface area contributed by atoms with Gasteiger partial charge in [0, 0.05) is 0 Å². The summed E-state index contributed by atoms with van der Waals surface area (Å²) in [6.45, 7) is 6.00. The molecule has 0 heteroatoms. The highest BCUT2D eigenvalue weighted by Gasteiger charge is 1.94. The van der Waals surface area contributed by atoms with E-state index in [-0.39, 0.29) is 0 Å². The van der Waals surface area contributed by atoms with Gasteiger partial charge in [0.2, 0.25) is 0 Å². The van der Waals surface area contributed by atoms with E-state index in [0.717, 1.165) is 6.42 Å². The lowest BCUT2D eigenvalue weighted by molar-refractivity contribution is 1.28. The number of hydrogen-bond donors (Lipinski definition) is 0. The standard InChI is InChI=1S/C13H13/c1-3-11-5-7-12-8-10(2)4-6-13(12)9-11/h4-9H,1,3H2,2H3. The SMILES string of the molecule is [CH2]Cc1ccc2cc(C)ccc2c1. The van der Waals surface area contributed by atoms with Crippen LogP contribution in [0.1, 0.15) is 11.1 Å². The lowest BCUT2D eigenvalue weighted by Gasteiger charge is -2.01. The molecule has 0 aromatic heterocycles. The summed E-state index contributed by atoms with van der Waals surface area (Å²) in [6, 6.07) is 13.1. The van der Waals surface area contributed by atoms with Crippen LogP contribution in [0.4, 0.5) is 0 Å². The summed E-state index contributed by atoms with van der Waals surface area (Å²) in [5.74, 6) is 0. The van der Waals surface area contributed by atoms with E-state index in [1.807, 2.05) is 0 Å². The zero-order valence-electron chi connectivity index (χ0n) is 7.88. The van der Waals surface area contributed by atoms with Crippen molar-refractivity contribution < 1.29 is 0 Å². The van der Waals surface area contributed by atoms with E-state index >= 15 is 0 Å². The quantitative estimate of drug-likeness (QED) is 0.612. The van der Waals surface area contributed by atoms with Crippen LogP contribution >= 0.6 is 0 Å². The Morgan fingerprint density at radius 1 is 1.00 bits per heavy atom. The maximum atomic E-state index is 3.88. The van der Waals surface area contributed by atoms with Crippen LogP contribution < -0.4 is 0 Å². The molecule has 0 saturated heterocycles. The number of hydrogen-bond acceptors (Lipinski definition) is 0. The van der Waals surface area contributed by atoms with Crippen molar-refractivity contribution in [1.29, 1.82) is 0 Å². The maximum Gasteiger partial charge on any atom is -0.0181 e. The van der Waals surface area contributed by atoms with Crippen molar-refractivity contribution >= 4 is 10.8 Å². The molecule has 0 unspecified atom stereocenters. The number of rotatable bonds is 1. The van der Waals surface area contributed by atoms with Gasteiger partial charge in [0.05, 0.1) is 0 Å². The van der Waals surface area contributed by atoms with Gasteiger partial charge in [-0.1, -0.05) is 42.0 Å². The van der Waals surface area contributed by atoms with E-state index < -0.39 is 0 Å². The topological polar surface area (TPSA) is 0 Å². The molecule has 0 heterocycles. The van der Waals surface area contributed by atoms with E-state index in [0.29, 0.717) is 0 Å². The Kier molecular flexibility index (Phi) is 2.05. The van der Waals surface area contributed by atoms with Crippen molar-refractivity contribution in [2.75, 3.05) is 0 Å². The molecule has 0 spiro atoms. The normalized spacial score (nSPS) is 10.6. The summed E-state index contributed by atoms with van der Waals surface area (Å²) in [5.41, 5.74) is 2.62. The summed E-state index contributed by atoms with van der Waals surface area (Å²) in [4.78, 5) is 0. The first-order valence-corrected chi connectivity index (χ1v) is 4.58. The van der Waals surface area contributed by atoms with Crippen LogP contribution in [0.3, 0.4) is 0 Å². The fraction of sp³-hybridized carbons (Fsp3) is 0.154. The van der Waals surface area contributed by atoms with E-state index in [9.17, 15) is 0 Å². The van der Waals surface area contributed by atoms with Gasteiger partial charge in [-0.2, -0.15) is 0 Å². The second-order valence-electron chi connectivity index (χ2n) is 3.43. The molecule has 0 N–H and O–H groups in total. The van der Waals surface area contributed by atoms with Gasteiger partial charge >= 0.3 is 0 Å². The van der Waals surface area contributed by atoms with Gasteiger partial charge < -0.3 is 0 Å². The Labute approximate surface area is 79.2 Å². The van der Waals surface area contributed by atoms with Gasteiger partial charge in [0.25, 0.3) is 0 Å². The van der Waals surface area contributed by atoms with Crippen molar-refractivity contribution in [3.8, 4) is 0 Å². The molecule has 0 saturated carbocycles. The largest absolute Gasteiger partial charge is 0.0587 e. The highest BCUT2D eigenvalue weighted by molar-refractivity contribution is 5.83. The minimum Gasteiger partial charge on any atom is -0.0587 e. The Morgan fingerprint density at radius 2 is 1.69 bits per heavy atom. The lowest BCUT2D eigenvalue weighted by atomic mass is 10.0. The first kappa shape index (κ1) is 8.31. The molecular formula is C13H13. The molecule has 0 nitrogen and oxygen atoms in total. The van der Waals surface area contributed by atoms with Gasteiger partial charge in [-0.05, 0) is 36.6 Å². The van der Waals surface area contributed by atoms with Crippen molar-refractivity contribution in [1.82, 2.24) is 0 Å². The highest BCUT2D eigenvalue weighted by atomic mass is 14.0. The summed E-state index contributed by atoms with van der Waals surface area (Å²) in [6.07, 6.45) is 0.865. The third kappa shape index (κ3) is 1.57. The van der Waals surface area contributed by atoms with Gasteiger partial charge in [-0.15, -0.1) is 0 Å². The minimum absolute atomic E-state index is 0.865. The van der Waals surface area contributed by atoms with Gasteiger partial charge in [0.15, 0.2) is 0 Å². The molecule has 13 heavy (non-hydrogen) atoms. The molecular weight excluding hydrogens is 156 g/mol. The van der Waals surface area contributed by atoms with Crippen LogP contribution in [0.15, 0.2) is 36.4 Å². The third-order valence-electron chi connectivity index (χ3n) is 2.35. The second-order valence-corrected chi connectivity index (χ2v) is 3.43. The van der Waals surface area contributed by atoms with Crippen molar-refractivity contribution in [3.05, 3.63) is 54.4 Å². The number of benzene rings is 2. The molecule has 0 aliphatic heterocycles. The molecule has 2 aromatic carbocycles. The maximum absolute atomic E-state index is 3.88. The van der Waals surface area contributed by atoms with Crippen LogP contribution in [-0.4, -0.2) is 0 Å². The van der Waals surface area contributed by atoms with Crippen LogP contribution in [-0.2, 0) is 6.42 Å². The van der Waals surface area contributed by atoms with Gasteiger partial charge in [-0.25, -0.2) is 0 Å². The molecule has 0 bridgehead atoms. The molecule has 2 rings (SSSR count). The monoisotopic (exact) mass is 169 g/mol. The zero-order chi connectivity index (χ0) is 9.26. The highest BCUT2D eigenvalue weighted by Crippen LogP contribution is 2.17. The zero-order valence-corrected chi connectivity index (χ0v) is 7.88. The van der Waals surface area contributed by atoms with Crippen LogP contribution in [0.25, 0.3) is 10.8 Å². The Bertz CT molecular complexity index is 427. The van der Waals surface area contributed by atoms with Crippen molar-refractivity contribution in [2.45, 2.75) is 13.3 Å². The summed E-state index contributed by atoms with van der Waals surface area (Å²) in [7, 11) is 0. The number of aryl methyl sites for hydroxylation is 1. The smallest absolute Gasteiger partial charge is 0.0181 e. The molecule has 0 atom stereocenters. The fourth-order valence-electron chi connectivity index (χ4n) is 1.57. The third-order valence-corrected chi connectivity index (χ3v) is 2.35. The Hall–Kier alpha value is -1.30. The van der Waals surface area contributed by atoms with Crippen LogP contribution in [0.5, 0.6) is 0 Å². The molecule has 0 amide bonds.